The highest BCUT2D eigenvalue weighted by molar-refractivity contribution is 5.72. The second kappa shape index (κ2) is 10.5. The van der Waals surface area contributed by atoms with Crippen molar-refractivity contribution in [2.45, 2.75) is 90.4 Å². The molecule has 2 aliphatic heterocycles. The minimum Gasteiger partial charge on any atom is -0.481 e. The maximum Gasteiger partial charge on any atom is 0.179 e. The van der Waals surface area contributed by atoms with Gasteiger partial charge in [-0.2, -0.15) is 0 Å². The smallest absolute Gasteiger partial charge is 0.179 e. The summed E-state index contributed by atoms with van der Waals surface area (Å²) in [5, 5.41) is 0. The van der Waals surface area contributed by atoms with Gasteiger partial charge >= 0.3 is 0 Å². The molecule has 1 saturated heterocycles. The maximum atomic E-state index is 15.3. The Morgan fingerprint density at radius 2 is 1.74 bits per heavy atom. The number of rotatable bonds is 5. The van der Waals surface area contributed by atoms with Gasteiger partial charge in [-0.15, -0.1) is 0 Å². The van der Waals surface area contributed by atoms with Gasteiger partial charge in [-0.25, -0.2) is 18.7 Å². The monoisotopic (exact) mass is 535 g/mol. The van der Waals surface area contributed by atoms with Crippen molar-refractivity contribution in [1.82, 2.24) is 19.9 Å². The van der Waals surface area contributed by atoms with Crippen LogP contribution in [0.3, 0.4) is 0 Å². The number of piperidine rings is 1. The summed E-state index contributed by atoms with van der Waals surface area (Å²) in [6, 6.07) is 8.38. The molecule has 4 heterocycles. The van der Waals surface area contributed by atoms with Gasteiger partial charge in [0, 0.05) is 35.6 Å². The molecule has 3 aromatic rings. The molecule has 5 rings (SSSR count). The Balaban J connectivity index is 1.40. The van der Waals surface area contributed by atoms with Crippen LogP contribution >= 0.6 is 0 Å². The topological polar surface area (TPSA) is 54.4 Å². The van der Waals surface area contributed by atoms with E-state index in [2.05, 4.69) is 51.7 Å². The minimum absolute atomic E-state index is 0.0705. The van der Waals surface area contributed by atoms with E-state index in [4.69, 9.17) is 4.74 Å². The summed E-state index contributed by atoms with van der Waals surface area (Å²) in [5.41, 5.74) is 2.55. The maximum absolute atomic E-state index is 15.3. The standard InChI is InChI=1S/C31H39F2N5O/c1-18(2)38-17-31(5,6)39-30-25(32)12-23(13-27(30)38)29-26(33)16-35-28(36-29)14-24-9-8-21(15-34-24)22-10-19(3)37(7)20(4)11-22/h8-9,12-13,15-16,18-20,22H,10-11,14,17H2,1-7H3. The average molecular weight is 536 g/mol. The second-order valence-corrected chi connectivity index (χ2v) is 12.2. The predicted molar refractivity (Wildman–Crippen MR) is 150 cm³/mol. The Labute approximate surface area is 230 Å². The number of hydrogen-bond donors (Lipinski definition) is 0. The molecule has 8 heteroatoms. The molecule has 0 bridgehead atoms. The van der Waals surface area contributed by atoms with Crippen molar-refractivity contribution >= 4 is 5.69 Å². The molecule has 0 spiro atoms. The van der Waals surface area contributed by atoms with Crippen LogP contribution in [0.5, 0.6) is 5.75 Å². The van der Waals surface area contributed by atoms with Crippen molar-refractivity contribution in [2.24, 2.45) is 0 Å². The number of aromatic nitrogens is 3. The summed E-state index contributed by atoms with van der Waals surface area (Å²) >= 11 is 0. The van der Waals surface area contributed by atoms with Crippen molar-refractivity contribution in [2.75, 3.05) is 18.5 Å². The molecule has 208 valence electrons. The number of anilines is 1. The molecular weight excluding hydrogens is 496 g/mol. The van der Waals surface area contributed by atoms with Gasteiger partial charge in [-0.05, 0) is 91.1 Å². The third-order valence-corrected chi connectivity index (χ3v) is 8.25. The zero-order valence-corrected chi connectivity index (χ0v) is 24.0. The number of hydrogen-bond acceptors (Lipinski definition) is 6. The quantitative estimate of drug-likeness (QED) is 0.378. The molecule has 0 aliphatic carbocycles. The van der Waals surface area contributed by atoms with E-state index < -0.39 is 17.2 Å². The Hall–Kier alpha value is -3.13. The number of halogens is 2. The van der Waals surface area contributed by atoms with Crippen molar-refractivity contribution in [3.05, 3.63) is 65.4 Å². The molecule has 2 aliphatic rings. The van der Waals surface area contributed by atoms with Crippen LogP contribution in [0.2, 0.25) is 0 Å². The molecule has 0 radical (unpaired) electrons. The van der Waals surface area contributed by atoms with Crippen molar-refractivity contribution in [3.8, 4) is 17.0 Å². The Morgan fingerprint density at radius 3 is 2.38 bits per heavy atom. The number of likely N-dealkylation sites (tertiary alicyclic amines) is 1. The lowest BCUT2D eigenvalue weighted by Gasteiger charge is -2.43. The Kier molecular flexibility index (Phi) is 7.35. The van der Waals surface area contributed by atoms with Crippen LogP contribution in [0.4, 0.5) is 14.5 Å². The largest absolute Gasteiger partial charge is 0.481 e. The van der Waals surface area contributed by atoms with Gasteiger partial charge in [-0.1, -0.05) is 6.07 Å². The third-order valence-electron chi connectivity index (χ3n) is 8.25. The lowest BCUT2D eigenvalue weighted by Crippen LogP contribution is -2.49. The first kappa shape index (κ1) is 27.4. The molecule has 2 unspecified atom stereocenters. The molecule has 6 nitrogen and oxygen atoms in total. The Bertz CT molecular complexity index is 1330. The van der Waals surface area contributed by atoms with Crippen LogP contribution in [-0.2, 0) is 6.42 Å². The fourth-order valence-electron chi connectivity index (χ4n) is 5.89. The van der Waals surface area contributed by atoms with Crippen LogP contribution < -0.4 is 9.64 Å². The molecule has 2 aromatic heterocycles. The van der Waals surface area contributed by atoms with E-state index in [9.17, 15) is 4.39 Å². The number of fused-ring (bicyclic) bond motifs is 1. The third kappa shape index (κ3) is 5.62. The fraction of sp³-hybridized carbons (Fsp3) is 0.516. The highest BCUT2D eigenvalue weighted by atomic mass is 19.1. The fourth-order valence-corrected chi connectivity index (χ4v) is 5.89. The summed E-state index contributed by atoms with van der Waals surface area (Å²) in [6.45, 7) is 13.1. The van der Waals surface area contributed by atoms with Gasteiger partial charge in [0.1, 0.15) is 17.1 Å². The van der Waals surface area contributed by atoms with E-state index >= 15 is 4.39 Å². The van der Waals surface area contributed by atoms with Crippen molar-refractivity contribution < 1.29 is 13.5 Å². The summed E-state index contributed by atoms with van der Waals surface area (Å²) in [6.07, 6.45) is 5.69. The van der Waals surface area contributed by atoms with E-state index in [1.54, 1.807) is 6.07 Å². The Morgan fingerprint density at radius 1 is 1.03 bits per heavy atom. The molecule has 1 fully saturated rings. The summed E-state index contributed by atoms with van der Waals surface area (Å²) in [5.74, 6) is -0.0175. The molecule has 39 heavy (non-hydrogen) atoms. The molecule has 0 N–H and O–H groups in total. The van der Waals surface area contributed by atoms with Gasteiger partial charge in [-0.3, -0.25) is 4.98 Å². The lowest BCUT2D eigenvalue weighted by atomic mass is 9.83. The van der Waals surface area contributed by atoms with Crippen molar-refractivity contribution in [3.63, 3.8) is 0 Å². The summed E-state index contributed by atoms with van der Waals surface area (Å²) < 4.78 is 36.3. The molecule has 1 aromatic carbocycles. The first-order valence-electron chi connectivity index (χ1n) is 13.9. The number of pyridine rings is 1. The normalized spacial score (nSPS) is 23.0. The SMILES string of the molecule is CC(C)N1CC(C)(C)Oc2c(F)cc(-c3nc(Cc4ccc(C5CC(C)N(C)C(C)C5)cn4)ncc3F)cc21. The van der Waals surface area contributed by atoms with Crippen LogP contribution in [0.15, 0.2) is 36.7 Å². The number of nitrogens with zero attached hydrogens (tertiary/aromatic N) is 5. The highest BCUT2D eigenvalue weighted by Gasteiger charge is 2.35. The first-order chi connectivity index (χ1) is 18.4. The van der Waals surface area contributed by atoms with E-state index in [1.165, 1.54) is 11.6 Å². The molecule has 0 amide bonds. The van der Waals surface area contributed by atoms with E-state index in [0.29, 0.717) is 48.0 Å². The summed E-state index contributed by atoms with van der Waals surface area (Å²) in [4.78, 5) is 17.9. The van der Waals surface area contributed by atoms with E-state index in [1.807, 2.05) is 40.0 Å². The van der Waals surface area contributed by atoms with Gasteiger partial charge in [0.05, 0.1) is 24.8 Å². The zero-order chi connectivity index (χ0) is 28.1. The molecular formula is C31H39F2N5O. The van der Waals surface area contributed by atoms with Gasteiger partial charge in [0.25, 0.3) is 0 Å². The van der Waals surface area contributed by atoms with E-state index in [0.717, 1.165) is 24.7 Å². The number of benzene rings is 1. The minimum atomic E-state index is -0.597. The van der Waals surface area contributed by atoms with Crippen LogP contribution in [0, 0.1) is 11.6 Å². The number of ether oxygens (including phenoxy) is 1. The molecule has 2 atom stereocenters. The molecule has 0 saturated carbocycles. The van der Waals surface area contributed by atoms with Crippen LogP contribution in [-0.4, -0.2) is 57.2 Å². The predicted octanol–water partition coefficient (Wildman–Crippen LogP) is 6.38. The van der Waals surface area contributed by atoms with Crippen LogP contribution in [0.1, 0.15) is 77.4 Å². The van der Waals surface area contributed by atoms with Gasteiger partial charge < -0.3 is 14.5 Å². The van der Waals surface area contributed by atoms with Crippen molar-refractivity contribution in [1.29, 1.82) is 0 Å². The van der Waals surface area contributed by atoms with E-state index in [-0.39, 0.29) is 17.5 Å². The summed E-state index contributed by atoms with van der Waals surface area (Å²) in [7, 11) is 2.19. The zero-order valence-electron chi connectivity index (χ0n) is 24.0. The first-order valence-corrected chi connectivity index (χ1v) is 13.9. The van der Waals surface area contributed by atoms with Gasteiger partial charge in [0.2, 0.25) is 0 Å². The van der Waals surface area contributed by atoms with Crippen LogP contribution in [0.25, 0.3) is 11.3 Å². The van der Waals surface area contributed by atoms with Gasteiger partial charge in [0.15, 0.2) is 17.4 Å². The highest BCUT2D eigenvalue weighted by Crippen LogP contribution is 2.43. The average Bonchev–Trinajstić information content (AvgIpc) is 2.88. The lowest BCUT2D eigenvalue weighted by molar-refractivity contribution is 0.0967. The second-order valence-electron chi connectivity index (χ2n) is 12.2.